The summed E-state index contributed by atoms with van der Waals surface area (Å²) < 4.78 is 11.2. The van der Waals surface area contributed by atoms with Crippen LogP contribution in [0.1, 0.15) is 46.0 Å². The van der Waals surface area contributed by atoms with Gasteiger partial charge in [-0.25, -0.2) is 0 Å². The lowest BCUT2D eigenvalue weighted by Crippen LogP contribution is -2.41. The van der Waals surface area contributed by atoms with Gasteiger partial charge in [0.2, 0.25) is 0 Å². The van der Waals surface area contributed by atoms with Crippen molar-refractivity contribution in [1.82, 2.24) is 4.90 Å². The normalized spacial score (nSPS) is 13.5. The third-order valence-electron chi connectivity index (χ3n) is 4.32. The minimum atomic E-state index is -0.795. The quantitative estimate of drug-likeness (QED) is 0.580. The second-order valence-corrected chi connectivity index (χ2v) is 6.88. The number of hydrogen-bond acceptors (Lipinski definition) is 4. The zero-order chi connectivity index (χ0) is 18.7. The molecule has 25 heavy (non-hydrogen) atoms. The predicted octanol–water partition coefficient (Wildman–Crippen LogP) is 3.94. The number of unbranched alkanes of at least 4 members (excludes halogenated alkanes) is 2. The summed E-state index contributed by atoms with van der Waals surface area (Å²) in [6.45, 7) is 5.68. The number of anilines is 1. The van der Waals surface area contributed by atoms with Gasteiger partial charge in [0.15, 0.2) is 0 Å². The number of carbonyl (C=O) groups is 1. The summed E-state index contributed by atoms with van der Waals surface area (Å²) in [6, 6.07) is 7.49. The summed E-state index contributed by atoms with van der Waals surface area (Å²) in [5, 5.41) is 2.94. The van der Waals surface area contributed by atoms with E-state index in [1.807, 2.05) is 45.3 Å². The molecular formula is C20H34N2O3. The minimum Gasteiger partial charge on any atom is -0.494 e. The SMILES string of the molecule is CCCCC[C@](C)(OC)C(=O)Nc1ccc(OCCCN(C)C)cc1. The number of rotatable bonds is 12. The maximum Gasteiger partial charge on any atom is 0.256 e. The molecule has 0 aromatic heterocycles. The van der Waals surface area contributed by atoms with Gasteiger partial charge in [-0.05, 0) is 58.1 Å². The van der Waals surface area contributed by atoms with Crippen molar-refractivity contribution in [2.45, 2.75) is 51.6 Å². The smallest absolute Gasteiger partial charge is 0.256 e. The molecule has 1 N–H and O–H groups in total. The number of ether oxygens (including phenoxy) is 2. The van der Waals surface area contributed by atoms with E-state index in [0.717, 1.165) is 50.1 Å². The van der Waals surface area contributed by atoms with Crippen molar-refractivity contribution in [2.24, 2.45) is 0 Å². The molecule has 5 heteroatoms. The Morgan fingerprint density at radius 2 is 1.84 bits per heavy atom. The molecule has 0 heterocycles. The van der Waals surface area contributed by atoms with Gasteiger partial charge in [0.25, 0.3) is 5.91 Å². The van der Waals surface area contributed by atoms with Crippen molar-refractivity contribution >= 4 is 11.6 Å². The Hall–Kier alpha value is -1.59. The molecule has 0 bridgehead atoms. The molecule has 0 saturated carbocycles. The van der Waals surface area contributed by atoms with E-state index < -0.39 is 5.60 Å². The lowest BCUT2D eigenvalue weighted by Gasteiger charge is -2.27. The van der Waals surface area contributed by atoms with Crippen LogP contribution in [0.15, 0.2) is 24.3 Å². The number of benzene rings is 1. The first kappa shape index (κ1) is 21.5. The molecule has 1 atom stereocenters. The number of carbonyl (C=O) groups excluding carboxylic acids is 1. The van der Waals surface area contributed by atoms with Gasteiger partial charge in [-0.15, -0.1) is 0 Å². The van der Waals surface area contributed by atoms with Crippen molar-refractivity contribution in [2.75, 3.05) is 39.7 Å². The number of hydrogen-bond donors (Lipinski definition) is 1. The molecule has 1 amide bonds. The standard InChI is InChI=1S/C20H34N2O3/c1-6-7-8-14-20(2,24-5)19(23)21-17-10-12-18(13-11-17)25-16-9-15-22(3)4/h10-13H,6-9,14-16H2,1-5H3,(H,21,23)/t20-/m0/s1. The van der Waals surface area contributed by atoms with Gasteiger partial charge >= 0.3 is 0 Å². The third-order valence-corrected chi connectivity index (χ3v) is 4.32. The van der Waals surface area contributed by atoms with Gasteiger partial charge in [0.1, 0.15) is 11.4 Å². The van der Waals surface area contributed by atoms with E-state index >= 15 is 0 Å². The molecule has 0 spiro atoms. The van der Waals surface area contributed by atoms with Gasteiger partial charge in [-0.1, -0.05) is 26.2 Å². The first-order valence-corrected chi connectivity index (χ1v) is 9.15. The molecule has 0 saturated heterocycles. The van der Waals surface area contributed by atoms with Crippen LogP contribution in [0, 0.1) is 0 Å². The van der Waals surface area contributed by atoms with Crippen LogP contribution >= 0.6 is 0 Å². The molecule has 0 aliphatic carbocycles. The van der Waals surface area contributed by atoms with Gasteiger partial charge < -0.3 is 19.7 Å². The number of amides is 1. The summed E-state index contributed by atoms with van der Waals surface area (Å²) in [5.74, 6) is 0.708. The average molecular weight is 351 g/mol. The first-order valence-electron chi connectivity index (χ1n) is 9.15. The summed E-state index contributed by atoms with van der Waals surface area (Å²) >= 11 is 0. The molecule has 0 radical (unpaired) electrons. The van der Waals surface area contributed by atoms with Crippen molar-refractivity contribution < 1.29 is 14.3 Å². The van der Waals surface area contributed by atoms with Gasteiger partial charge in [-0.3, -0.25) is 4.79 Å². The summed E-state index contributed by atoms with van der Waals surface area (Å²) in [4.78, 5) is 14.7. The van der Waals surface area contributed by atoms with E-state index in [2.05, 4.69) is 17.1 Å². The highest BCUT2D eigenvalue weighted by Gasteiger charge is 2.32. The molecule has 1 rings (SSSR count). The van der Waals surface area contributed by atoms with E-state index in [0.29, 0.717) is 6.61 Å². The Labute approximate surface area is 152 Å². The molecule has 5 nitrogen and oxygen atoms in total. The van der Waals surface area contributed by atoms with Crippen molar-refractivity contribution in [3.63, 3.8) is 0 Å². The lowest BCUT2D eigenvalue weighted by molar-refractivity contribution is -0.136. The fourth-order valence-electron chi connectivity index (χ4n) is 2.49. The molecule has 1 aromatic carbocycles. The summed E-state index contributed by atoms with van der Waals surface area (Å²) in [6.07, 6.45) is 4.91. The van der Waals surface area contributed by atoms with Crippen LogP contribution < -0.4 is 10.1 Å². The molecule has 1 aromatic rings. The Bertz CT molecular complexity index is 502. The van der Waals surface area contributed by atoms with Crippen LogP contribution in [-0.2, 0) is 9.53 Å². The van der Waals surface area contributed by atoms with E-state index in [-0.39, 0.29) is 5.91 Å². The number of nitrogens with zero attached hydrogens (tertiary/aromatic N) is 1. The highest BCUT2D eigenvalue weighted by Crippen LogP contribution is 2.22. The highest BCUT2D eigenvalue weighted by molar-refractivity contribution is 5.97. The maximum absolute atomic E-state index is 12.5. The largest absolute Gasteiger partial charge is 0.494 e. The Balaban J connectivity index is 2.51. The Kier molecular flexibility index (Phi) is 9.53. The monoisotopic (exact) mass is 350 g/mol. The number of nitrogens with one attached hydrogen (secondary N) is 1. The van der Waals surface area contributed by atoms with Crippen LogP contribution in [0.4, 0.5) is 5.69 Å². The zero-order valence-corrected chi connectivity index (χ0v) is 16.4. The zero-order valence-electron chi connectivity index (χ0n) is 16.4. The third kappa shape index (κ3) is 7.88. The molecule has 0 aliphatic heterocycles. The second kappa shape index (κ2) is 11.1. The maximum atomic E-state index is 12.5. The lowest BCUT2D eigenvalue weighted by atomic mass is 9.97. The van der Waals surface area contributed by atoms with Crippen molar-refractivity contribution in [1.29, 1.82) is 0 Å². The molecular weight excluding hydrogens is 316 g/mol. The van der Waals surface area contributed by atoms with Crippen molar-refractivity contribution in [3.8, 4) is 5.75 Å². The number of methoxy groups -OCH3 is 1. The molecule has 0 aliphatic rings. The van der Waals surface area contributed by atoms with Gasteiger partial charge in [0, 0.05) is 19.3 Å². The summed E-state index contributed by atoms with van der Waals surface area (Å²) in [5.41, 5.74) is -0.0410. The Morgan fingerprint density at radius 3 is 2.40 bits per heavy atom. The van der Waals surface area contributed by atoms with Crippen LogP contribution in [0.2, 0.25) is 0 Å². The van der Waals surface area contributed by atoms with Crippen LogP contribution in [0.5, 0.6) is 5.75 Å². The Morgan fingerprint density at radius 1 is 1.16 bits per heavy atom. The average Bonchev–Trinajstić information content (AvgIpc) is 2.60. The van der Waals surface area contributed by atoms with E-state index in [1.165, 1.54) is 0 Å². The fraction of sp³-hybridized carbons (Fsp3) is 0.650. The molecule has 142 valence electrons. The summed E-state index contributed by atoms with van der Waals surface area (Å²) in [7, 11) is 5.69. The highest BCUT2D eigenvalue weighted by atomic mass is 16.5. The second-order valence-electron chi connectivity index (χ2n) is 6.88. The molecule has 0 unspecified atom stereocenters. The van der Waals surface area contributed by atoms with Gasteiger partial charge in [0.05, 0.1) is 6.61 Å². The predicted molar refractivity (Wildman–Crippen MR) is 103 cm³/mol. The van der Waals surface area contributed by atoms with E-state index in [1.54, 1.807) is 7.11 Å². The first-order chi connectivity index (χ1) is 11.9. The topological polar surface area (TPSA) is 50.8 Å². The van der Waals surface area contributed by atoms with Crippen molar-refractivity contribution in [3.05, 3.63) is 24.3 Å². The van der Waals surface area contributed by atoms with Crippen LogP contribution in [0.25, 0.3) is 0 Å². The fourth-order valence-corrected chi connectivity index (χ4v) is 2.49. The van der Waals surface area contributed by atoms with Crippen LogP contribution in [-0.4, -0.2) is 50.8 Å². The molecule has 0 fully saturated rings. The van der Waals surface area contributed by atoms with Gasteiger partial charge in [-0.2, -0.15) is 0 Å². The van der Waals surface area contributed by atoms with E-state index in [9.17, 15) is 4.79 Å². The minimum absolute atomic E-state index is 0.106. The van der Waals surface area contributed by atoms with E-state index in [4.69, 9.17) is 9.47 Å². The van der Waals surface area contributed by atoms with Crippen LogP contribution in [0.3, 0.4) is 0 Å².